The quantitative estimate of drug-likeness (QED) is 0.267. The summed E-state index contributed by atoms with van der Waals surface area (Å²) < 4.78 is 28.3. The fraction of sp³-hybridized carbons (Fsp3) is 0.0909. The lowest BCUT2D eigenvalue weighted by atomic mass is 10.2. The van der Waals surface area contributed by atoms with Gasteiger partial charge in [-0.05, 0) is 37.3 Å². The SMILES string of the molecule is Cc1ccc(S(=O)(=O)N(CC(=O)N/N=C\c2cccc([N+](=O)[O-])c2)c2cccc(Br)c2)cc1. The minimum Gasteiger partial charge on any atom is -0.271 e. The number of nitro groups is 1. The van der Waals surface area contributed by atoms with E-state index in [2.05, 4.69) is 26.5 Å². The normalized spacial score (nSPS) is 11.3. The van der Waals surface area contributed by atoms with Crippen LogP contribution in [-0.2, 0) is 14.8 Å². The molecule has 0 saturated heterocycles. The monoisotopic (exact) mass is 530 g/mol. The number of hydrogen-bond donors (Lipinski definition) is 1. The molecular weight excluding hydrogens is 512 g/mol. The Bertz CT molecular complexity index is 1310. The summed E-state index contributed by atoms with van der Waals surface area (Å²) in [5.74, 6) is -0.688. The van der Waals surface area contributed by atoms with Gasteiger partial charge in [-0.2, -0.15) is 5.10 Å². The number of rotatable bonds is 8. The molecule has 0 aliphatic heterocycles. The third kappa shape index (κ3) is 6.24. The number of carbonyl (C=O) groups is 1. The number of halogens is 1. The van der Waals surface area contributed by atoms with E-state index in [0.29, 0.717) is 15.7 Å². The molecule has 0 aromatic heterocycles. The Morgan fingerprint density at radius 2 is 1.82 bits per heavy atom. The van der Waals surface area contributed by atoms with E-state index in [9.17, 15) is 23.3 Å². The summed E-state index contributed by atoms with van der Waals surface area (Å²) in [6.45, 7) is 1.31. The zero-order valence-corrected chi connectivity index (χ0v) is 19.8. The number of nitrogens with one attached hydrogen (secondary N) is 1. The molecule has 0 fully saturated rings. The van der Waals surface area contributed by atoms with Crippen molar-refractivity contribution in [1.29, 1.82) is 0 Å². The molecule has 0 aliphatic rings. The molecule has 0 aliphatic carbocycles. The molecule has 3 aromatic rings. The maximum Gasteiger partial charge on any atom is 0.270 e. The lowest BCUT2D eigenvalue weighted by Gasteiger charge is -2.24. The van der Waals surface area contributed by atoms with Gasteiger partial charge in [-0.3, -0.25) is 19.2 Å². The van der Waals surface area contributed by atoms with Crippen molar-refractivity contribution in [3.8, 4) is 0 Å². The van der Waals surface area contributed by atoms with E-state index < -0.39 is 27.4 Å². The molecule has 0 unspecified atom stereocenters. The Morgan fingerprint density at radius 1 is 1.12 bits per heavy atom. The zero-order valence-electron chi connectivity index (χ0n) is 17.4. The molecule has 0 bridgehead atoms. The Hall–Kier alpha value is -3.57. The predicted molar refractivity (Wildman–Crippen MR) is 129 cm³/mol. The number of hydrogen-bond acceptors (Lipinski definition) is 6. The van der Waals surface area contributed by atoms with Crippen LogP contribution in [0, 0.1) is 17.0 Å². The first-order chi connectivity index (χ1) is 15.7. The van der Waals surface area contributed by atoms with Crippen LogP contribution in [0.5, 0.6) is 0 Å². The molecule has 0 radical (unpaired) electrons. The second-order valence-electron chi connectivity index (χ2n) is 6.95. The number of carbonyl (C=O) groups excluding carboxylic acids is 1. The fourth-order valence-corrected chi connectivity index (χ4v) is 4.65. The second kappa shape index (κ2) is 10.4. The molecule has 33 heavy (non-hydrogen) atoms. The highest BCUT2D eigenvalue weighted by atomic mass is 79.9. The number of nitro benzene ring substituents is 1. The van der Waals surface area contributed by atoms with Crippen molar-refractivity contribution in [1.82, 2.24) is 5.43 Å². The second-order valence-corrected chi connectivity index (χ2v) is 9.73. The van der Waals surface area contributed by atoms with E-state index in [1.54, 1.807) is 42.5 Å². The molecule has 3 aromatic carbocycles. The Balaban J connectivity index is 1.83. The van der Waals surface area contributed by atoms with Crippen LogP contribution in [0.1, 0.15) is 11.1 Å². The van der Waals surface area contributed by atoms with Gasteiger partial charge in [-0.1, -0.05) is 51.8 Å². The van der Waals surface area contributed by atoms with Crippen molar-refractivity contribution in [2.45, 2.75) is 11.8 Å². The number of benzene rings is 3. The van der Waals surface area contributed by atoms with E-state index in [1.807, 2.05) is 6.92 Å². The minimum absolute atomic E-state index is 0.0426. The number of aryl methyl sites for hydroxylation is 1. The van der Waals surface area contributed by atoms with Crippen LogP contribution in [0.3, 0.4) is 0 Å². The Kier molecular flexibility index (Phi) is 7.56. The number of non-ortho nitro benzene ring substituents is 1. The summed E-state index contributed by atoms with van der Waals surface area (Å²) in [5, 5.41) is 14.7. The van der Waals surface area contributed by atoms with Crippen LogP contribution in [0.4, 0.5) is 11.4 Å². The minimum atomic E-state index is -4.05. The van der Waals surface area contributed by atoms with Crippen molar-refractivity contribution in [3.63, 3.8) is 0 Å². The molecule has 9 nitrogen and oxygen atoms in total. The van der Waals surface area contributed by atoms with Gasteiger partial charge in [0.25, 0.3) is 21.6 Å². The largest absolute Gasteiger partial charge is 0.271 e. The van der Waals surface area contributed by atoms with Crippen LogP contribution >= 0.6 is 15.9 Å². The Labute approximate surface area is 199 Å². The summed E-state index contributed by atoms with van der Waals surface area (Å²) >= 11 is 3.32. The van der Waals surface area contributed by atoms with E-state index in [-0.39, 0.29) is 10.6 Å². The first-order valence-electron chi connectivity index (χ1n) is 9.58. The predicted octanol–water partition coefficient (Wildman–Crippen LogP) is 4.01. The first-order valence-corrected chi connectivity index (χ1v) is 11.8. The summed E-state index contributed by atoms with van der Waals surface area (Å²) in [4.78, 5) is 22.9. The van der Waals surface area contributed by atoms with Gasteiger partial charge in [0.1, 0.15) is 6.54 Å². The highest BCUT2D eigenvalue weighted by Crippen LogP contribution is 2.26. The van der Waals surface area contributed by atoms with Gasteiger partial charge in [-0.25, -0.2) is 13.8 Å². The first kappa shape index (κ1) is 24.1. The van der Waals surface area contributed by atoms with Crippen molar-refractivity contribution in [2.24, 2.45) is 5.10 Å². The summed E-state index contributed by atoms with van der Waals surface area (Å²) in [5.41, 5.74) is 3.75. The molecule has 11 heteroatoms. The van der Waals surface area contributed by atoms with Crippen molar-refractivity contribution in [2.75, 3.05) is 10.8 Å². The maximum absolute atomic E-state index is 13.3. The van der Waals surface area contributed by atoms with Gasteiger partial charge in [0, 0.05) is 22.2 Å². The van der Waals surface area contributed by atoms with Crippen molar-refractivity contribution >= 4 is 49.4 Å². The van der Waals surface area contributed by atoms with Crippen LogP contribution in [-0.4, -0.2) is 32.0 Å². The van der Waals surface area contributed by atoms with Crippen molar-refractivity contribution < 1.29 is 18.1 Å². The third-order valence-electron chi connectivity index (χ3n) is 4.48. The van der Waals surface area contributed by atoms with Gasteiger partial charge in [0.15, 0.2) is 0 Å². The standard InChI is InChI=1S/C22H19BrN4O5S/c1-16-8-10-21(11-9-16)33(31,32)26(19-6-3-5-18(23)13-19)15-22(28)25-24-14-17-4-2-7-20(12-17)27(29)30/h2-14H,15H2,1H3,(H,25,28)/b24-14-. The number of anilines is 1. The van der Waals surface area contributed by atoms with E-state index in [4.69, 9.17) is 0 Å². The van der Waals surface area contributed by atoms with E-state index >= 15 is 0 Å². The molecule has 0 saturated carbocycles. The number of hydrazone groups is 1. The van der Waals surface area contributed by atoms with Crippen LogP contribution in [0.15, 0.2) is 87.3 Å². The van der Waals surface area contributed by atoms with E-state index in [0.717, 1.165) is 9.87 Å². The average molecular weight is 531 g/mol. The summed E-state index contributed by atoms with van der Waals surface area (Å²) in [6.07, 6.45) is 1.24. The van der Waals surface area contributed by atoms with Gasteiger partial charge in [-0.15, -0.1) is 0 Å². The molecule has 0 heterocycles. The number of sulfonamides is 1. The molecular formula is C22H19BrN4O5S. The van der Waals surface area contributed by atoms with Crippen LogP contribution in [0.2, 0.25) is 0 Å². The molecule has 1 amide bonds. The van der Waals surface area contributed by atoms with Gasteiger partial charge in [0.05, 0.1) is 21.7 Å². The highest BCUT2D eigenvalue weighted by Gasteiger charge is 2.27. The highest BCUT2D eigenvalue weighted by molar-refractivity contribution is 9.10. The zero-order chi connectivity index (χ0) is 24.0. The fourth-order valence-electron chi connectivity index (χ4n) is 2.85. The molecule has 0 atom stereocenters. The van der Waals surface area contributed by atoms with Gasteiger partial charge in [0.2, 0.25) is 0 Å². The number of nitrogens with zero attached hydrogens (tertiary/aromatic N) is 3. The number of amides is 1. The summed E-state index contributed by atoms with van der Waals surface area (Å²) in [6, 6.07) is 18.6. The average Bonchev–Trinajstić information content (AvgIpc) is 2.78. The molecule has 1 N–H and O–H groups in total. The molecule has 0 spiro atoms. The maximum atomic E-state index is 13.3. The van der Waals surface area contributed by atoms with Gasteiger partial charge < -0.3 is 0 Å². The lowest BCUT2D eigenvalue weighted by Crippen LogP contribution is -2.39. The van der Waals surface area contributed by atoms with Gasteiger partial charge >= 0.3 is 0 Å². The van der Waals surface area contributed by atoms with Crippen LogP contribution < -0.4 is 9.73 Å². The summed E-state index contributed by atoms with van der Waals surface area (Å²) in [7, 11) is -4.05. The smallest absolute Gasteiger partial charge is 0.270 e. The Morgan fingerprint density at radius 3 is 2.48 bits per heavy atom. The van der Waals surface area contributed by atoms with Crippen molar-refractivity contribution in [3.05, 3.63) is 98.5 Å². The molecule has 3 rings (SSSR count). The topological polar surface area (TPSA) is 122 Å². The third-order valence-corrected chi connectivity index (χ3v) is 6.76. The molecule has 170 valence electrons. The van der Waals surface area contributed by atoms with Crippen LogP contribution in [0.25, 0.3) is 0 Å². The lowest BCUT2D eigenvalue weighted by molar-refractivity contribution is -0.384. The van der Waals surface area contributed by atoms with E-state index in [1.165, 1.54) is 36.5 Å².